The van der Waals surface area contributed by atoms with E-state index in [4.69, 9.17) is 0 Å². The number of benzene rings is 1. The molecule has 1 N–H and O–H groups in total. The first-order valence-electron chi connectivity index (χ1n) is 4.51. The summed E-state index contributed by atoms with van der Waals surface area (Å²) in [5.41, 5.74) is 2.35. The third-order valence-electron chi connectivity index (χ3n) is 2.36. The molecule has 0 aliphatic carbocycles. The fraction of sp³-hybridized carbons (Fsp3) is 0.455. The molecule has 0 bridgehead atoms. The van der Waals surface area contributed by atoms with Crippen LogP contribution in [0.2, 0.25) is 0 Å². The maximum atomic E-state index is 13.3. The normalized spacial score (nSPS) is 13.0. The number of rotatable bonds is 2. The number of aryl methyl sites for hydroxylation is 2. The summed E-state index contributed by atoms with van der Waals surface area (Å²) in [5, 5.41) is 9.49. The van der Waals surface area contributed by atoms with Gasteiger partial charge in [-0.25, -0.2) is 4.39 Å². The van der Waals surface area contributed by atoms with Crippen LogP contribution >= 0.6 is 0 Å². The Morgan fingerprint density at radius 3 is 2.38 bits per heavy atom. The van der Waals surface area contributed by atoms with Crippen LogP contribution in [-0.2, 0) is 0 Å². The summed E-state index contributed by atoms with van der Waals surface area (Å²) in [6, 6.07) is 3.20. The second-order valence-corrected chi connectivity index (χ2v) is 3.38. The van der Waals surface area contributed by atoms with Gasteiger partial charge in [0.2, 0.25) is 0 Å². The monoisotopic (exact) mass is 182 g/mol. The average Bonchev–Trinajstić information content (AvgIpc) is 2.10. The molecule has 13 heavy (non-hydrogen) atoms. The van der Waals surface area contributed by atoms with Gasteiger partial charge in [-0.1, -0.05) is 13.0 Å². The molecular weight excluding hydrogens is 167 g/mol. The Hall–Kier alpha value is -0.890. The van der Waals surface area contributed by atoms with Crippen molar-refractivity contribution in [1.29, 1.82) is 0 Å². The van der Waals surface area contributed by atoms with Crippen LogP contribution in [-0.4, -0.2) is 5.11 Å². The van der Waals surface area contributed by atoms with Crippen LogP contribution in [0.1, 0.15) is 36.1 Å². The van der Waals surface area contributed by atoms with Crippen LogP contribution in [0.15, 0.2) is 12.1 Å². The van der Waals surface area contributed by atoms with Crippen LogP contribution in [0, 0.1) is 19.7 Å². The van der Waals surface area contributed by atoms with Crippen LogP contribution in [0.25, 0.3) is 0 Å². The first-order chi connectivity index (χ1) is 6.06. The first-order valence-corrected chi connectivity index (χ1v) is 4.51. The van der Waals surface area contributed by atoms with Gasteiger partial charge in [0.25, 0.3) is 0 Å². The molecule has 0 saturated heterocycles. The van der Waals surface area contributed by atoms with E-state index in [9.17, 15) is 9.50 Å². The topological polar surface area (TPSA) is 20.2 Å². The van der Waals surface area contributed by atoms with E-state index in [0.29, 0.717) is 12.0 Å². The van der Waals surface area contributed by atoms with Crippen LogP contribution in [0.4, 0.5) is 4.39 Å². The van der Waals surface area contributed by atoms with E-state index in [1.54, 1.807) is 6.07 Å². The zero-order chi connectivity index (χ0) is 10.0. The molecule has 0 aliphatic rings. The SMILES string of the molecule is CCC(O)c1cc(C)c(C)cc1F. The van der Waals surface area contributed by atoms with E-state index < -0.39 is 6.10 Å². The van der Waals surface area contributed by atoms with Gasteiger partial charge in [0, 0.05) is 5.56 Å². The Labute approximate surface area is 78.2 Å². The van der Waals surface area contributed by atoms with Crippen molar-refractivity contribution in [3.05, 3.63) is 34.6 Å². The van der Waals surface area contributed by atoms with E-state index >= 15 is 0 Å². The molecule has 2 heteroatoms. The summed E-state index contributed by atoms with van der Waals surface area (Å²) in [7, 11) is 0. The van der Waals surface area contributed by atoms with Gasteiger partial charge < -0.3 is 5.11 Å². The quantitative estimate of drug-likeness (QED) is 0.745. The average molecular weight is 182 g/mol. The minimum atomic E-state index is -0.681. The van der Waals surface area contributed by atoms with Crippen molar-refractivity contribution in [2.75, 3.05) is 0 Å². The van der Waals surface area contributed by atoms with Gasteiger partial charge in [0.15, 0.2) is 0 Å². The Kier molecular flexibility index (Phi) is 3.04. The van der Waals surface area contributed by atoms with Crippen LogP contribution in [0.5, 0.6) is 0 Å². The predicted molar refractivity (Wildman–Crippen MR) is 51.1 cm³/mol. The largest absolute Gasteiger partial charge is 0.388 e. The van der Waals surface area contributed by atoms with Crippen LogP contribution in [0.3, 0.4) is 0 Å². The van der Waals surface area contributed by atoms with Gasteiger partial charge in [-0.15, -0.1) is 0 Å². The number of halogens is 1. The molecule has 0 fully saturated rings. The molecule has 0 saturated carbocycles. The molecule has 0 aromatic heterocycles. The lowest BCUT2D eigenvalue weighted by atomic mass is 10.0. The van der Waals surface area contributed by atoms with Gasteiger partial charge in [0.05, 0.1) is 6.10 Å². The summed E-state index contributed by atoms with van der Waals surface area (Å²) in [5.74, 6) is -0.308. The number of aliphatic hydroxyl groups is 1. The summed E-state index contributed by atoms with van der Waals surface area (Å²) >= 11 is 0. The summed E-state index contributed by atoms with van der Waals surface area (Å²) in [4.78, 5) is 0. The van der Waals surface area contributed by atoms with E-state index in [1.165, 1.54) is 6.07 Å². The van der Waals surface area contributed by atoms with Crippen molar-refractivity contribution < 1.29 is 9.50 Å². The van der Waals surface area contributed by atoms with Crippen molar-refractivity contribution in [1.82, 2.24) is 0 Å². The first kappa shape index (κ1) is 10.2. The zero-order valence-electron chi connectivity index (χ0n) is 8.26. The molecule has 1 aromatic rings. The van der Waals surface area contributed by atoms with Crippen molar-refractivity contribution in [3.63, 3.8) is 0 Å². The molecule has 0 aliphatic heterocycles. The highest BCUT2D eigenvalue weighted by Crippen LogP contribution is 2.22. The third-order valence-corrected chi connectivity index (χ3v) is 2.36. The zero-order valence-corrected chi connectivity index (χ0v) is 8.26. The van der Waals surface area contributed by atoms with Crippen LogP contribution < -0.4 is 0 Å². The Bertz CT molecular complexity index is 307. The number of hydrogen-bond acceptors (Lipinski definition) is 1. The molecule has 0 spiro atoms. The van der Waals surface area contributed by atoms with E-state index in [-0.39, 0.29) is 5.82 Å². The van der Waals surface area contributed by atoms with Crippen molar-refractivity contribution in [3.8, 4) is 0 Å². The number of hydrogen-bond donors (Lipinski definition) is 1. The van der Waals surface area contributed by atoms with E-state index in [1.807, 2.05) is 20.8 Å². The Morgan fingerprint density at radius 1 is 1.31 bits per heavy atom. The predicted octanol–water partition coefficient (Wildman–Crippen LogP) is 2.89. The highest BCUT2D eigenvalue weighted by molar-refractivity contribution is 5.32. The molecule has 72 valence electrons. The Morgan fingerprint density at radius 2 is 1.85 bits per heavy atom. The minimum absolute atomic E-state index is 0.308. The molecule has 1 aromatic carbocycles. The van der Waals surface area contributed by atoms with E-state index in [0.717, 1.165) is 11.1 Å². The summed E-state index contributed by atoms with van der Waals surface area (Å²) in [6.45, 7) is 5.61. The minimum Gasteiger partial charge on any atom is -0.388 e. The lowest BCUT2D eigenvalue weighted by molar-refractivity contribution is 0.169. The molecule has 1 nitrogen and oxygen atoms in total. The van der Waals surface area contributed by atoms with Gasteiger partial charge in [0.1, 0.15) is 5.82 Å². The lowest BCUT2D eigenvalue weighted by Crippen LogP contribution is -2.00. The highest BCUT2D eigenvalue weighted by Gasteiger charge is 2.11. The Balaban J connectivity index is 3.15. The molecule has 0 amide bonds. The standard InChI is InChI=1S/C11H15FO/c1-4-11(13)9-5-7(2)8(3)6-10(9)12/h5-6,11,13H,4H2,1-3H3. The highest BCUT2D eigenvalue weighted by atomic mass is 19.1. The fourth-order valence-electron chi connectivity index (χ4n) is 1.28. The van der Waals surface area contributed by atoms with Crippen molar-refractivity contribution in [2.45, 2.75) is 33.3 Å². The maximum absolute atomic E-state index is 13.3. The molecule has 1 unspecified atom stereocenters. The molecule has 0 heterocycles. The lowest BCUT2D eigenvalue weighted by Gasteiger charge is -2.11. The summed E-state index contributed by atoms with van der Waals surface area (Å²) in [6.07, 6.45) is -0.140. The van der Waals surface area contributed by atoms with Gasteiger partial charge >= 0.3 is 0 Å². The molecule has 1 rings (SSSR count). The molecule has 0 radical (unpaired) electrons. The molecule has 1 atom stereocenters. The third kappa shape index (κ3) is 2.07. The van der Waals surface area contributed by atoms with Crippen molar-refractivity contribution in [2.24, 2.45) is 0 Å². The second-order valence-electron chi connectivity index (χ2n) is 3.38. The van der Waals surface area contributed by atoms with Gasteiger partial charge in [-0.3, -0.25) is 0 Å². The van der Waals surface area contributed by atoms with Gasteiger partial charge in [-0.05, 0) is 37.5 Å². The van der Waals surface area contributed by atoms with E-state index in [2.05, 4.69) is 0 Å². The number of aliphatic hydroxyl groups excluding tert-OH is 1. The summed E-state index contributed by atoms with van der Waals surface area (Å²) < 4.78 is 13.3. The maximum Gasteiger partial charge on any atom is 0.129 e. The second kappa shape index (κ2) is 3.88. The molecular formula is C11H15FO. The van der Waals surface area contributed by atoms with Crippen molar-refractivity contribution >= 4 is 0 Å². The fourth-order valence-corrected chi connectivity index (χ4v) is 1.28. The smallest absolute Gasteiger partial charge is 0.129 e. The van der Waals surface area contributed by atoms with Gasteiger partial charge in [-0.2, -0.15) is 0 Å².